The van der Waals surface area contributed by atoms with Crippen LogP contribution in [0.2, 0.25) is 0 Å². The van der Waals surface area contributed by atoms with Crippen molar-refractivity contribution in [1.82, 2.24) is 30.2 Å². The van der Waals surface area contributed by atoms with Crippen molar-refractivity contribution >= 4 is 27.9 Å². The molecule has 0 aliphatic carbocycles. The third kappa shape index (κ3) is 3.04. The standard InChI is InChI=1S/C20H23N7/c1-13(14-2-3-17-15(10-14)4-7-21-17)26-16-5-8-27(9-6-16)20-18-19(23-11-22-18)24-12-25-20/h2-4,7,10-13,16,21,26H,5-6,8-9H2,1H3,(H,22,23,24,25)/t13-/m0/s1. The van der Waals surface area contributed by atoms with E-state index in [0.717, 1.165) is 42.9 Å². The van der Waals surface area contributed by atoms with E-state index in [2.05, 4.69) is 66.3 Å². The van der Waals surface area contributed by atoms with Gasteiger partial charge in [-0.3, -0.25) is 0 Å². The van der Waals surface area contributed by atoms with Crippen molar-refractivity contribution < 1.29 is 0 Å². The number of rotatable bonds is 4. The Morgan fingerprint density at radius 1 is 1.11 bits per heavy atom. The normalized spacial score (nSPS) is 17.0. The number of piperidine rings is 1. The van der Waals surface area contributed by atoms with E-state index in [1.165, 1.54) is 16.5 Å². The number of hydrogen-bond donors (Lipinski definition) is 3. The molecular formula is C20H23N7. The molecule has 3 aromatic heterocycles. The maximum absolute atomic E-state index is 4.48. The summed E-state index contributed by atoms with van der Waals surface area (Å²) in [5, 5.41) is 5.07. The molecule has 3 N–H and O–H groups in total. The van der Waals surface area contributed by atoms with Crippen LogP contribution in [0.3, 0.4) is 0 Å². The molecule has 0 unspecified atom stereocenters. The number of nitrogens with zero attached hydrogens (tertiary/aromatic N) is 4. The molecule has 7 heteroatoms. The molecule has 0 radical (unpaired) electrons. The second kappa shape index (κ2) is 6.66. The zero-order valence-corrected chi connectivity index (χ0v) is 15.3. The van der Waals surface area contributed by atoms with E-state index in [0.29, 0.717) is 12.1 Å². The maximum Gasteiger partial charge on any atom is 0.182 e. The van der Waals surface area contributed by atoms with E-state index in [-0.39, 0.29) is 0 Å². The molecule has 7 nitrogen and oxygen atoms in total. The second-order valence-corrected chi connectivity index (χ2v) is 7.27. The van der Waals surface area contributed by atoms with Crippen molar-refractivity contribution in [1.29, 1.82) is 0 Å². The molecular weight excluding hydrogens is 338 g/mol. The molecule has 5 rings (SSSR count). The highest BCUT2D eigenvalue weighted by Crippen LogP contribution is 2.25. The van der Waals surface area contributed by atoms with Crippen molar-refractivity contribution in [3.8, 4) is 0 Å². The first kappa shape index (κ1) is 16.3. The van der Waals surface area contributed by atoms with Crippen LogP contribution in [0.25, 0.3) is 22.1 Å². The Hall–Kier alpha value is -2.93. The summed E-state index contributed by atoms with van der Waals surface area (Å²) in [6.45, 7) is 4.21. The molecule has 1 fully saturated rings. The van der Waals surface area contributed by atoms with Crippen LogP contribution < -0.4 is 10.2 Å². The lowest BCUT2D eigenvalue weighted by Crippen LogP contribution is -2.43. The smallest absolute Gasteiger partial charge is 0.182 e. The molecule has 0 spiro atoms. The lowest BCUT2D eigenvalue weighted by Gasteiger charge is -2.34. The quantitative estimate of drug-likeness (QED) is 0.520. The third-order valence-corrected chi connectivity index (χ3v) is 5.56. The number of aromatic nitrogens is 5. The van der Waals surface area contributed by atoms with Crippen molar-refractivity contribution in [3.63, 3.8) is 0 Å². The first-order chi connectivity index (χ1) is 13.3. The van der Waals surface area contributed by atoms with Gasteiger partial charge in [-0.15, -0.1) is 0 Å². The predicted molar refractivity (Wildman–Crippen MR) is 107 cm³/mol. The average molecular weight is 361 g/mol. The Bertz CT molecular complexity index is 1060. The summed E-state index contributed by atoms with van der Waals surface area (Å²) in [7, 11) is 0. The van der Waals surface area contributed by atoms with E-state index in [1.54, 1.807) is 12.7 Å². The predicted octanol–water partition coefficient (Wildman–Crippen LogP) is 3.15. The fourth-order valence-electron chi connectivity index (χ4n) is 4.04. The zero-order valence-electron chi connectivity index (χ0n) is 15.3. The molecule has 1 saturated heterocycles. The SMILES string of the molecule is C[C@H](NC1CCN(c2ncnc3nc[nH]c23)CC1)c1ccc2[nH]ccc2c1. The van der Waals surface area contributed by atoms with Gasteiger partial charge in [0.15, 0.2) is 11.5 Å². The number of anilines is 1. The van der Waals surface area contributed by atoms with Gasteiger partial charge in [0.25, 0.3) is 0 Å². The molecule has 27 heavy (non-hydrogen) atoms. The van der Waals surface area contributed by atoms with Gasteiger partial charge >= 0.3 is 0 Å². The topological polar surface area (TPSA) is 85.5 Å². The van der Waals surface area contributed by atoms with Gasteiger partial charge < -0.3 is 20.2 Å². The van der Waals surface area contributed by atoms with Gasteiger partial charge in [0.2, 0.25) is 0 Å². The Morgan fingerprint density at radius 2 is 2.00 bits per heavy atom. The van der Waals surface area contributed by atoms with E-state index in [4.69, 9.17) is 0 Å². The summed E-state index contributed by atoms with van der Waals surface area (Å²) in [6.07, 6.45) is 7.46. The highest BCUT2D eigenvalue weighted by Gasteiger charge is 2.23. The number of imidazole rings is 1. The fourth-order valence-corrected chi connectivity index (χ4v) is 4.04. The Kier molecular flexibility index (Phi) is 4.01. The van der Waals surface area contributed by atoms with Gasteiger partial charge in [0.1, 0.15) is 11.8 Å². The van der Waals surface area contributed by atoms with Crippen LogP contribution in [-0.4, -0.2) is 44.1 Å². The minimum Gasteiger partial charge on any atom is -0.361 e. The van der Waals surface area contributed by atoms with Crippen molar-refractivity contribution in [2.75, 3.05) is 18.0 Å². The number of fused-ring (bicyclic) bond motifs is 2. The van der Waals surface area contributed by atoms with Crippen LogP contribution in [0.5, 0.6) is 0 Å². The van der Waals surface area contributed by atoms with Crippen molar-refractivity contribution in [2.24, 2.45) is 0 Å². The largest absolute Gasteiger partial charge is 0.361 e. The van der Waals surface area contributed by atoms with Crippen LogP contribution in [0.4, 0.5) is 5.82 Å². The fraction of sp³-hybridized carbons (Fsp3) is 0.350. The zero-order chi connectivity index (χ0) is 18.2. The first-order valence-electron chi connectivity index (χ1n) is 9.50. The van der Waals surface area contributed by atoms with Gasteiger partial charge in [0, 0.05) is 36.9 Å². The maximum atomic E-state index is 4.48. The van der Waals surface area contributed by atoms with E-state index in [9.17, 15) is 0 Å². The molecule has 4 heterocycles. The molecule has 0 bridgehead atoms. The highest BCUT2D eigenvalue weighted by molar-refractivity contribution is 5.82. The van der Waals surface area contributed by atoms with Crippen molar-refractivity contribution in [2.45, 2.75) is 31.8 Å². The van der Waals surface area contributed by atoms with Crippen molar-refractivity contribution in [3.05, 3.63) is 48.7 Å². The molecule has 1 aliphatic heterocycles. The monoisotopic (exact) mass is 361 g/mol. The number of aromatic amines is 2. The minimum atomic E-state index is 0.333. The van der Waals surface area contributed by atoms with E-state index >= 15 is 0 Å². The van der Waals surface area contributed by atoms with Crippen LogP contribution in [-0.2, 0) is 0 Å². The Morgan fingerprint density at radius 3 is 2.89 bits per heavy atom. The van der Waals surface area contributed by atoms with Gasteiger partial charge in [0.05, 0.1) is 6.33 Å². The molecule has 1 aliphatic rings. The van der Waals surface area contributed by atoms with Crippen LogP contribution in [0, 0.1) is 0 Å². The Labute approximate surface area is 157 Å². The minimum absolute atomic E-state index is 0.333. The highest BCUT2D eigenvalue weighted by atomic mass is 15.2. The molecule has 138 valence electrons. The average Bonchev–Trinajstić information content (AvgIpc) is 3.37. The molecule has 0 saturated carbocycles. The number of nitrogens with one attached hydrogen (secondary N) is 3. The summed E-state index contributed by atoms with van der Waals surface area (Å²) in [5.74, 6) is 0.960. The first-order valence-corrected chi connectivity index (χ1v) is 9.50. The van der Waals surface area contributed by atoms with Crippen LogP contribution in [0.1, 0.15) is 31.4 Å². The molecule has 1 atom stereocenters. The summed E-state index contributed by atoms with van der Waals surface area (Å²) in [6, 6.07) is 9.62. The molecule has 1 aromatic carbocycles. The number of benzene rings is 1. The molecule has 0 amide bonds. The van der Waals surface area contributed by atoms with Gasteiger partial charge in [-0.1, -0.05) is 6.07 Å². The van der Waals surface area contributed by atoms with E-state index < -0.39 is 0 Å². The summed E-state index contributed by atoms with van der Waals surface area (Å²) < 4.78 is 0. The lowest BCUT2D eigenvalue weighted by atomic mass is 10.0. The summed E-state index contributed by atoms with van der Waals surface area (Å²) >= 11 is 0. The molecule has 4 aromatic rings. The summed E-state index contributed by atoms with van der Waals surface area (Å²) in [5.41, 5.74) is 4.18. The lowest BCUT2D eigenvalue weighted by molar-refractivity contribution is 0.380. The van der Waals surface area contributed by atoms with Gasteiger partial charge in [-0.05, 0) is 48.9 Å². The van der Waals surface area contributed by atoms with Crippen LogP contribution >= 0.6 is 0 Å². The third-order valence-electron chi connectivity index (χ3n) is 5.56. The van der Waals surface area contributed by atoms with E-state index in [1.807, 2.05) is 6.20 Å². The van der Waals surface area contributed by atoms with Crippen LogP contribution in [0.15, 0.2) is 43.1 Å². The number of H-pyrrole nitrogens is 2. The summed E-state index contributed by atoms with van der Waals surface area (Å²) in [4.78, 5) is 21.7. The van der Waals surface area contributed by atoms with Gasteiger partial charge in [-0.25, -0.2) is 15.0 Å². The Balaban J connectivity index is 1.24. The second-order valence-electron chi connectivity index (χ2n) is 7.27. The van der Waals surface area contributed by atoms with Gasteiger partial charge in [-0.2, -0.15) is 0 Å². The number of hydrogen-bond acceptors (Lipinski definition) is 5.